The van der Waals surface area contributed by atoms with Crippen LogP contribution in [0.25, 0.3) is 0 Å². The Morgan fingerprint density at radius 2 is 2.00 bits per heavy atom. The van der Waals surface area contributed by atoms with E-state index in [1.165, 1.54) is 0 Å². The Hall–Kier alpha value is -2.34. The SMILES string of the molecule is CCCCC1C(C(=O)OCC)=C(Nc2ccccc2)C(=O)N1CCO. The van der Waals surface area contributed by atoms with Crippen LogP contribution in [-0.2, 0) is 14.3 Å². The third kappa shape index (κ3) is 4.39. The maximum Gasteiger partial charge on any atom is 0.338 e. The number of rotatable bonds is 9. The number of hydrogen-bond donors (Lipinski definition) is 2. The number of para-hydroxylation sites is 1. The molecular weight excluding hydrogens is 320 g/mol. The third-order valence-corrected chi connectivity index (χ3v) is 4.16. The van der Waals surface area contributed by atoms with Gasteiger partial charge in [0.2, 0.25) is 0 Å². The van der Waals surface area contributed by atoms with Crippen molar-refractivity contribution in [2.75, 3.05) is 25.1 Å². The van der Waals surface area contributed by atoms with Crippen LogP contribution in [-0.4, -0.2) is 47.7 Å². The maximum absolute atomic E-state index is 12.9. The van der Waals surface area contributed by atoms with E-state index in [0.717, 1.165) is 18.5 Å². The number of nitrogens with zero attached hydrogens (tertiary/aromatic N) is 1. The van der Waals surface area contributed by atoms with Crippen molar-refractivity contribution in [3.63, 3.8) is 0 Å². The number of anilines is 1. The molecule has 6 heteroatoms. The van der Waals surface area contributed by atoms with Crippen LogP contribution in [0.2, 0.25) is 0 Å². The van der Waals surface area contributed by atoms with Crippen molar-refractivity contribution < 1.29 is 19.4 Å². The fourth-order valence-electron chi connectivity index (χ4n) is 3.02. The minimum atomic E-state index is -0.476. The van der Waals surface area contributed by atoms with Crippen molar-refractivity contribution in [3.8, 4) is 0 Å². The summed E-state index contributed by atoms with van der Waals surface area (Å²) in [7, 11) is 0. The van der Waals surface area contributed by atoms with Crippen LogP contribution in [0.3, 0.4) is 0 Å². The first-order chi connectivity index (χ1) is 12.1. The Balaban J connectivity index is 2.41. The highest BCUT2D eigenvalue weighted by atomic mass is 16.5. The molecule has 2 rings (SSSR count). The molecule has 1 aliphatic rings. The molecule has 2 N–H and O–H groups in total. The predicted molar refractivity (Wildman–Crippen MR) is 95.8 cm³/mol. The van der Waals surface area contributed by atoms with Gasteiger partial charge >= 0.3 is 5.97 Å². The number of aliphatic hydroxyl groups excluding tert-OH is 1. The van der Waals surface area contributed by atoms with E-state index in [-0.39, 0.29) is 37.4 Å². The molecule has 1 aromatic carbocycles. The van der Waals surface area contributed by atoms with E-state index in [9.17, 15) is 14.7 Å². The Bertz CT molecular complexity index is 628. The molecule has 1 aliphatic heterocycles. The van der Waals surface area contributed by atoms with Gasteiger partial charge in [0.15, 0.2) is 0 Å². The van der Waals surface area contributed by atoms with E-state index in [1.54, 1.807) is 11.8 Å². The highest BCUT2D eigenvalue weighted by Crippen LogP contribution is 2.31. The second-order valence-corrected chi connectivity index (χ2v) is 5.88. The van der Waals surface area contributed by atoms with Gasteiger partial charge in [-0.15, -0.1) is 0 Å². The first kappa shape index (κ1) is 19.0. The molecule has 0 fully saturated rings. The molecule has 0 spiro atoms. The molecule has 136 valence electrons. The number of unbranched alkanes of at least 4 members (excludes halogenated alkanes) is 1. The van der Waals surface area contributed by atoms with E-state index in [0.29, 0.717) is 12.0 Å². The summed E-state index contributed by atoms with van der Waals surface area (Å²) in [6.45, 7) is 4.09. The largest absolute Gasteiger partial charge is 0.463 e. The molecule has 0 radical (unpaired) electrons. The average Bonchev–Trinajstić information content (AvgIpc) is 2.87. The maximum atomic E-state index is 12.9. The summed E-state index contributed by atoms with van der Waals surface area (Å²) in [6.07, 6.45) is 2.49. The molecule has 25 heavy (non-hydrogen) atoms. The monoisotopic (exact) mass is 346 g/mol. The van der Waals surface area contributed by atoms with Gasteiger partial charge in [-0.3, -0.25) is 4.79 Å². The van der Waals surface area contributed by atoms with E-state index in [4.69, 9.17) is 4.74 Å². The second kappa shape index (κ2) is 9.22. The van der Waals surface area contributed by atoms with Gasteiger partial charge in [0.25, 0.3) is 5.91 Å². The summed E-state index contributed by atoms with van der Waals surface area (Å²) < 4.78 is 5.20. The summed E-state index contributed by atoms with van der Waals surface area (Å²) in [6, 6.07) is 8.88. The van der Waals surface area contributed by atoms with Crippen molar-refractivity contribution in [3.05, 3.63) is 41.6 Å². The van der Waals surface area contributed by atoms with Gasteiger partial charge in [0.05, 0.1) is 24.8 Å². The lowest BCUT2D eigenvalue weighted by molar-refractivity contribution is -0.139. The molecule has 6 nitrogen and oxygen atoms in total. The highest BCUT2D eigenvalue weighted by Gasteiger charge is 2.42. The van der Waals surface area contributed by atoms with Gasteiger partial charge in [-0.05, 0) is 25.5 Å². The van der Waals surface area contributed by atoms with Crippen molar-refractivity contribution in [2.45, 2.75) is 39.2 Å². The zero-order chi connectivity index (χ0) is 18.2. The molecule has 1 unspecified atom stereocenters. The molecule has 1 heterocycles. The quantitative estimate of drug-likeness (QED) is 0.671. The molecular formula is C19H26N2O4. The summed E-state index contributed by atoms with van der Waals surface area (Å²) in [5.74, 6) is -0.752. The number of carbonyl (C=O) groups excluding carboxylic acids is 2. The topological polar surface area (TPSA) is 78.9 Å². The van der Waals surface area contributed by atoms with Crippen molar-refractivity contribution in [1.82, 2.24) is 4.90 Å². The van der Waals surface area contributed by atoms with Gasteiger partial charge in [0, 0.05) is 12.2 Å². The normalized spacial score (nSPS) is 17.2. The fourth-order valence-corrected chi connectivity index (χ4v) is 3.02. The molecule has 0 saturated heterocycles. The number of carbonyl (C=O) groups is 2. The minimum absolute atomic E-state index is 0.150. The second-order valence-electron chi connectivity index (χ2n) is 5.88. The molecule has 0 aliphatic carbocycles. The van der Waals surface area contributed by atoms with E-state index >= 15 is 0 Å². The van der Waals surface area contributed by atoms with Crippen LogP contribution in [0.1, 0.15) is 33.1 Å². The van der Waals surface area contributed by atoms with Crippen molar-refractivity contribution in [1.29, 1.82) is 0 Å². The molecule has 1 amide bonds. The third-order valence-electron chi connectivity index (χ3n) is 4.16. The van der Waals surface area contributed by atoms with Crippen LogP contribution in [0, 0.1) is 0 Å². The van der Waals surface area contributed by atoms with Gasteiger partial charge in [-0.1, -0.05) is 38.0 Å². The number of benzene rings is 1. The lowest BCUT2D eigenvalue weighted by Crippen LogP contribution is -2.39. The van der Waals surface area contributed by atoms with E-state index in [2.05, 4.69) is 12.2 Å². The number of ether oxygens (including phenoxy) is 1. The van der Waals surface area contributed by atoms with Gasteiger partial charge in [-0.25, -0.2) is 4.79 Å². The lowest BCUT2D eigenvalue weighted by atomic mass is 10.0. The molecule has 1 aromatic rings. The Morgan fingerprint density at radius 3 is 2.60 bits per heavy atom. The van der Waals surface area contributed by atoms with Crippen LogP contribution in [0.15, 0.2) is 41.6 Å². The number of nitrogens with one attached hydrogen (secondary N) is 1. The average molecular weight is 346 g/mol. The van der Waals surface area contributed by atoms with Crippen LogP contribution < -0.4 is 5.32 Å². The van der Waals surface area contributed by atoms with Crippen molar-refractivity contribution in [2.24, 2.45) is 0 Å². The standard InChI is InChI=1S/C19H26N2O4/c1-3-5-11-15-16(19(24)25-4-2)17(18(23)21(15)12-13-22)20-14-9-7-6-8-10-14/h6-10,15,20,22H,3-5,11-13H2,1-2H3. The minimum Gasteiger partial charge on any atom is -0.463 e. The summed E-state index contributed by atoms with van der Waals surface area (Å²) in [5.41, 5.74) is 1.34. The van der Waals surface area contributed by atoms with E-state index < -0.39 is 5.97 Å². The Labute approximate surface area is 148 Å². The Morgan fingerprint density at radius 1 is 1.28 bits per heavy atom. The molecule has 0 bridgehead atoms. The van der Waals surface area contributed by atoms with Crippen LogP contribution in [0.4, 0.5) is 5.69 Å². The lowest BCUT2D eigenvalue weighted by Gasteiger charge is -2.25. The van der Waals surface area contributed by atoms with Crippen LogP contribution >= 0.6 is 0 Å². The van der Waals surface area contributed by atoms with E-state index in [1.807, 2.05) is 30.3 Å². The van der Waals surface area contributed by atoms with Crippen molar-refractivity contribution >= 4 is 17.6 Å². The number of β-amino-alcohol motifs (C(OH)–C–C–N with tert-alkyl or cyclic N) is 1. The zero-order valence-corrected chi connectivity index (χ0v) is 14.8. The van der Waals surface area contributed by atoms with Gasteiger partial charge in [0.1, 0.15) is 5.70 Å². The smallest absolute Gasteiger partial charge is 0.338 e. The summed E-state index contributed by atoms with van der Waals surface area (Å²) in [4.78, 5) is 27.0. The number of hydrogen-bond acceptors (Lipinski definition) is 5. The molecule has 0 aromatic heterocycles. The molecule has 1 atom stereocenters. The predicted octanol–water partition coefficient (Wildman–Crippen LogP) is 2.31. The zero-order valence-electron chi connectivity index (χ0n) is 14.8. The van der Waals surface area contributed by atoms with Gasteiger partial charge in [-0.2, -0.15) is 0 Å². The summed E-state index contributed by atoms with van der Waals surface area (Å²) in [5, 5.41) is 12.4. The Kier molecular flexibility index (Phi) is 7.01. The summed E-state index contributed by atoms with van der Waals surface area (Å²) >= 11 is 0. The number of aliphatic hydroxyl groups is 1. The number of amides is 1. The van der Waals surface area contributed by atoms with Gasteiger partial charge < -0.3 is 20.1 Å². The first-order valence-corrected chi connectivity index (χ1v) is 8.79. The molecule has 0 saturated carbocycles. The van der Waals surface area contributed by atoms with Crippen LogP contribution in [0.5, 0.6) is 0 Å². The fraction of sp³-hybridized carbons (Fsp3) is 0.474. The highest BCUT2D eigenvalue weighted by molar-refractivity contribution is 6.09. The number of esters is 1. The first-order valence-electron chi connectivity index (χ1n) is 8.79.